The van der Waals surface area contributed by atoms with E-state index in [1.165, 1.54) is 6.07 Å². The quantitative estimate of drug-likeness (QED) is 0.711. The third kappa shape index (κ3) is 3.95. The summed E-state index contributed by atoms with van der Waals surface area (Å²) in [5, 5.41) is 12.0. The summed E-state index contributed by atoms with van der Waals surface area (Å²) in [6.45, 7) is 3.30. The number of hydrogen-bond acceptors (Lipinski definition) is 4. The first-order valence-corrected chi connectivity index (χ1v) is 8.40. The highest BCUT2D eigenvalue weighted by Crippen LogP contribution is 2.26. The van der Waals surface area contributed by atoms with Crippen molar-refractivity contribution in [1.29, 1.82) is 0 Å². The molecule has 7 heteroatoms. The number of hydrogen-bond donors (Lipinski definition) is 3. The number of nitrogens with one attached hydrogen (secondary N) is 2. The molecule has 2 unspecified atom stereocenters. The van der Waals surface area contributed by atoms with E-state index in [0.717, 1.165) is 12.8 Å². The van der Waals surface area contributed by atoms with Crippen LogP contribution < -0.4 is 10.0 Å². The fraction of sp³-hybridized carbons (Fsp3) is 0.500. The molecular weight excluding hydrogens is 292 g/mol. The lowest BCUT2D eigenvalue weighted by Crippen LogP contribution is -2.31. The first-order chi connectivity index (χ1) is 9.81. The molecule has 1 saturated carbocycles. The Hall–Kier alpha value is -1.60. The average Bonchev–Trinajstić information content (AvgIpc) is 3.21. The molecule has 6 nitrogen and oxygen atoms in total. The molecule has 3 N–H and O–H groups in total. The molecule has 1 fully saturated rings. The Labute approximate surface area is 124 Å². The van der Waals surface area contributed by atoms with Crippen molar-refractivity contribution >= 4 is 21.7 Å². The Kier molecular flexibility index (Phi) is 4.53. The standard InChI is InChI=1S/C14H20N2O4S/c1-9(14(17)18)10(2)15-12-5-3-4-6-13(12)21(19,20)16-11-7-8-11/h3-6,9-11,15-16H,7-8H2,1-2H3,(H,17,18). The van der Waals surface area contributed by atoms with Crippen LogP contribution in [0, 0.1) is 5.92 Å². The van der Waals surface area contributed by atoms with Crippen LogP contribution in [0.4, 0.5) is 5.69 Å². The Bertz CT molecular complexity index is 626. The molecule has 0 spiro atoms. The van der Waals surface area contributed by atoms with Crippen LogP contribution in [0.3, 0.4) is 0 Å². The zero-order chi connectivity index (χ0) is 15.6. The van der Waals surface area contributed by atoms with E-state index in [1.807, 2.05) is 0 Å². The number of benzene rings is 1. The van der Waals surface area contributed by atoms with E-state index >= 15 is 0 Å². The second kappa shape index (κ2) is 6.03. The second-order valence-corrected chi connectivity index (χ2v) is 7.13. The molecule has 116 valence electrons. The number of para-hydroxylation sites is 1. The van der Waals surface area contributed by atoms with Gasteiger partial charge in [0.2, 0.25) is 10.0 Å². The predicted octanol–water partition coefficient (Wildman–Crippen LogP) is 1.65. The molecule has 0 saturated heterocycles. The Morgan fingerprint density at radius 3 is 2.48 bits per heavy atom. The number of aliphatic carboxylic acids is 1. The van der Waals surface area contributed by atoms with E-state index < -0.39 is 21.9 Å². The maximum absolute atomic E-state index is 12.3. The smallest absolute Gasteiger partial charge is 0.308 e. The fourth-order valence-corrected chi connectivity index (χ4v) is 3.36. The van der Waals surface area contributed by atoms with Gasteiger partial charge < -0.3 is 10.4 Å². The van der Waals surface area contributed by atoms with Gasteiger partial charge in [-0.2, -0.15) is 0 Å². The summed E-state index contributed by atoms with van der Waals surface area (Å²) < 4.78 is 27.3. The SMILES string of the molecule is CC(Nc1ccccc1S(=O)(=O)NC1CC1)C(C)C(=O)O. The summed E-state index contributed by atoms with van der Waals surface area (Å²) in [5.74, 6) is -1.55. The highest BCUT2D eigenvalue weighted by molar-refractivity contribution is 7.89. The number of carboxylic acids is 1. The normalized spacial score (nSPS) is 18.0. The van der Waals surface area contributed by atoms with Crippen molar-refractivity contribution in [1.82, 2.24) is 4.72 Å². The number of carbonyl (C=O) groups is 1. The van der Waals surface area contributed by atoms with Crippen molar-refractivity contribution in [2.75, 3.05) is 5.32 Å². The number of anilines is 1. The van der Waals surface area contributed by atoms with Crippen molar-refractivity contribution in [2.45, 2.75) is 43.7 Å². The minimum Gasteiger partial charge on any atom is -0.481 e. The van der Waals surface area contributed by atoms with Gasteiger partial charge in [0.25, 0.3) is 0 Å². The molecule has 1 aromatic carbocycles. The molecular formula is C14H20N2O4S. The zero-order valence-corrected chi connectivity index (χ0v) is 12.9. The lowest BCUT2D eigenvalue weighted by molar-refractivity contribution is -0.141. The summed E-state index contributed by atoms with van der Waals surface area (Å²) >= 11 is 0. The molecule has 0 aliphatic heterocycles. The van der Waals surface area contributed by atoms with Gasteiger partial charge >= 0.3 is 5.97 Å². The molecule has 0 bridgehead atoms. The largest absolute Gasteiger partial charge is 0.481 e. The van der Waals surface area contributed by atoms with Gasteiger partial charge in [-0.25, -0.2) is 13.1 Å². The van der Waals surface area contributed by atoms with Crippen LogP contribution in [0.15, 0.2) is 29.2 Å². The minimum absolute atomic E-state index is 0.0263. The van der Waals surface area contributed by atoms with E-state index in [0.29, 0.717) is 5.69 Å². The topological polar surface area (TPSA) is 95.5 Å². The van der Waals surface area contributed by atoms with Crippen molar-refractivity contribution in [2.24, 2.45) is 5.92 Å². The van der Waals surface area contributed by atoms with Gasteiger partial charge in [0.15, 0.2) is 0 Å². The lowest BCUT2D eigenvalue weighted by atomic mass is 10.0. The van der Waals surface area contributed by atoms with Crippen LogP contribution in [-0.4, -0.2) is 31.6 Å². The van der Waals surface area contributed by atoms with Gasteiger partial charge in [0, 0.05) is 12.1 Å². The lowest BCUT2D eigenvalue weighted by Gasteiger charge is -2.21. The fourth-order valence-electron chi connectivity index (χ4n) is 1.89. The Morgan fingerprint density at radius 2 is 1.90 bits per heavy atom. The van der Waals surface area contributed by atoms with E-state index in [1.54, 1.807) is 32.0 Å². The Morgan fingerprint density at radius 1 is 1.29 bits per heavy atom. The zero-order valence-electron chi connectivity index (χ0n) is 12.0. The molecule has 1 aliphatic carbocycles. The minimum atomic E-state index is -3.58. The van der Waals surface area contributed by atoms with Crippen molar-refractivity contribution < 1.29 is 18.3 Å². The summed E-state index contributed by atoms with van der Waals surface area (Å²) in [7, 11) is -3.58. The molecule has 0 heterocycles. The van der Waals surface area contributed by atoms with Crippen molar-refractivity contribution in [3.8, 4) is 0 Å². The van der Waals surface area contributed by atoms with Crippen molar-refractivity contribution in [3.05, 3.63) is 24.3 Å². The van der Waals surface area contributed by atoms with Gasteiger partial charge in [0.05, 0.1) is 11.6 Å². The molecule has 0 aromatic heterocycles. The molecule has 2 atom stereocenters. The molecule has 21 heavy (non-hydrogen) atoms. The number of sulfonamides is 1. The summed E-state index contributed by atoms with van der Waals surface area (Å²) in [5.41, 5.74) is 0.422. The highest BCUT2D eigenvalue weighted by atomic mass is 32.2. The maximum Gasteiger partial charge on any atom is 0.308 e. The molecule has 0 amide bonds. The first kappa shape index (κ1) is 15.8. The van der Waals surface area contributed by atoms with Crippen molar-refractivity contribution in [3.63, 3.8) is 0 Å². The van der Waals surface area contributed by atoms with Crippen LogP contribution in [0.5, 0.6) is 0 Å². The van der Waals surface area contributed by atoms with Gasteiger partial charge in [-0.1, -0.05) is 12.1 Å². The average molecular weight is 312 g/mol. The molecule has 0 radical (unpaired) electrons. The predicted molar refractivity (Wildman–Crippen MR) is 79.7 cm³/mol. The number of carboxylic acid groups (broad SMARTS) is 1. The summed E-state index contributed by atoms with van der Waals surface area (Å²) in [6, 6.07) is 6.17. The highest BCUT2D eigenvalue weighted by Gasteiger charge is 2.30. The van der Waals surface area contributed by atoms with Gasteiger partial charge in [-0.15, -0.1) is 0 Å². The van der Waals surface area contributed by atoms with E-state index in [2.05, 4.69) is 10.0 Å². The van der Waals surface area contributed by atoms with Crippen LogP contribution in [0.25, 0.3) is 0 Å². The Balaban J connectivity index is 2.22. The van der Waals surface area contributed by atoms with Crippen LogP contribution >= 0.6 is 0 Å². The summed E-state index contributed by atoms with van der Waals surface area (Å²) in [6.07, 6.45) is 1.72. The van der Waals surface area contributed by atoms with E-state index in [-0.39, 0.29) is 17.0 Å². The maximum atomic E-state index is 12.3. The van der Waals surface area contributed by atoms with Gasteiger partial charge in [0.1, 0.15) is 4.90 Å². The number of rotatable bonds is 7. The van der Waals surface area contributed by atoms with Crippen LogP contribution in [-0.2, 0) is 14.8 Å². The summed E-state index contributed by atoms with van der Waals surface area (Å²) in [4.78, 5) is 11.1. The van der Waals surface area contributed by atoms with E-state index in [9.17, 15) is 13.2 Å². The van der Waals surface area contributed by atoms with E-state index in [4.69, 9.17) is 5.11 Å². The third-order valence-corrected chi connectivity index (χ3v) is 5.18. The van der Waals surface area contributed by atoms with Gasteiger partial charge in [-0.3, -0.25) is 4.79 Å². The second-order valence-electron chi connectivity index (χ2n) is 5.45. The van der Waals surface area contributed by atoms with Crippen LogP contribution in [0.2, 0.25) is 0 Å². The third-order valence-electron chi connectivity index (χ3n) is 3.60. The molecule has 2 rings (SSSR count). The van der Waals surface area contributed by atoms with Crippen LogP contribution in [0.1, 0.15) is 26.7 Å². The molecule has 1 aliphatic rings. The molecule has 1 aromatic rings. The van der Waals surface area contributed by atoms with Gasteiger partial charge in [-0.05, 0) is 38.8 Å². The monoisotopic (exact) mass is 312 g/mol. The first-order valence-electron chi connectivity index (χ1n) is 6.92.